The first-order valence-corrected chi connectivity index (χ1v) is 12.8. The summed E-state index contributed by atoms with van der Waals surface area (Å²) in [5.74, 6) is -0.474. The number of phenolic OH excluding ortho intramolecular Hbond substituents is 1. The summed E-state index contributed by atoms with van der Waals surface area (Å²) in [6, 6.07) is 2.14. The number of carbonyl (C=O) groups excluding carboxylic acids is 1. The van der Waals surface area contributed by atoms with Crippen LogP contribution in [0.15, 0.2) is 24.3 Å². The average molecular weight is 435 g/mol. The van der Waals surface area contributed by atoms with Crippen molar-refractivity contribution < 1.29 is 29.0 Å². The molecule has 9 heteroatoms. The second kappa shape index (κ2) is 7.31. The summed E-state index contributed by atoms with van der Waals surface area (Å²) < 4.78 is 11.7. The van der Waals surface area contributed by atoms with Gasteiger partial charge in [0.05, 0.1) is 24.4 Å². The predicted molar refractivity (Wildman–Crippen MR) is 116 cm³/mol. The lowest BCUT2D eigenvalue weighted by atomic mass is 10.1. The molecular formula is C21H30N2O6Si. The number of aromatic hydroxyl groups is 1. The fourth-order valence-corrected chi connectivity index (χ4v) is 4.90. The van der Waals surface area contributed by atoms with E-state index in [1.165, 1.54) is 19.2 Å². The number of carbonyl (C=O) groups is 2. The Labute approximate surface area is 177 Å². The number of rotatable bonds is 3. The van der Waals surface area contributed by atoms with E-state index in [0.717, 1.165) is 10.5 Å². The Morgan fingerprint density at radius 1 is 1.30 bits per heavy atom. The number of benzene rings is 1. The first-order valence-electron chi connectivity index (χ1n) is 9.87. The molecule has 2 amide bonds. The van der Waals surface area contributed by atoms with Crippen LogP contribution in [0.5, 0.6) is 11.5 Å². The number of hydrogen-bond donors (Lipinski definition) is 2. The second-order valence-corrected chi connectivity index (χ2v) is 14.2. The van der Waals surface area contributed by atoms with E-state index in [9.17, 15) is 19.8 Å². The van der Waals surface area contributed by atoms with Gasteiger partial charge >= 0.3 is 6.09 Å². The molecule has 1 aromatic carbocycles. The third kappa shape index (κ3) is 3.56. The summed E-state index contributed by atoms with van der Waals surface area (Å²) in [4.78, 5) is 28.6. The van der Waals surface area contributed by atoms with Gasteiger partial charge in [0.25, 0.3) is 5.91 Å². The fourth-order valence-electron chi connectivity index (χ4n) is 3.68. The Kier molecular flexibility index (Phi) is 5.40. The Bertz CT molecular complexity index is 907. The highest BCUT2D eigenvalue weighted by atomic mass is 28.4. The largest absolute Gasteiger partial charge is 0.504 e. The zero-order valence-corrected chi connectivity index (χ0v) is 19.4. The molecule has 2 N–H and O–H groups in total. The van der Waals surface area contributed by atoms with Crippen LogP contribution in [-0.4, -0.2) is 61.4 Å². The van der Waals surface area contributed by atoms with Gasteiger partial charge in [-0.3, -0.25) is 4.79 Å². The minimum absolute atomic E-state index is 0.0921. The van der Waals surface area contributed by atoms with Gasteiger partial charge in [0, 0.05) is 12.6 Å². The Balaban J connectivity index is 2.24. The summed E-state index contributed by atoms with van der Waals surface area (Å²) in [5.41, 5.74) is 1.08. The molecule has 2 aliphatic heterocycles. The summed E-state index contributed by atoms with van der Waals surface area (Å²) in [6.07, 6.45) is -1.72. The number of ether oxygens (including phenoxy) is 1. The topological polar surface area (TPSA) is 99.5 Å². The predicted octanol–water partition coefficient (Wildman–Crippen LogP) is 4.02. The average Bonchev–Trinajstić information content (AvgIpc) is 2.97. The van der Waals surface area contributed by atoms with Crippen molar-refractivity contribution >= 4 is 26.0 Å². The van der Waals surface area contributed by atoms with Crippen molar-refractivity contribution in [2.45, 2.75) is 57.6 Å². The molecule has 0 bridgehead atoms. The number of anilines is 1. The highest BCUT2D eigenvalue weighted by Crippen LogP contribution is 2.44. The van der Waals surface area contributed by atoms with E-state index in [4.69, 9.17) is 9.16 Å². The van der Waals surface area contributed by atoms with Crippen LogP contribution in [0.4, 0.5) is 10.5 Å². The number of amides is 2. The molecule has 2 aliphatic rings. The van der Waals surface area contributed by atoms with Crippen LogP contribution in [0.3, 0.4) is 0 Å². The Hall–Kier alpha value is -2.52. The standard InChI is InChI=1S/C21H30N2O6Si/c1-12-8-15-19(29-30(6,7)21(2,3)4)23(20(26)27)14-10-16(24)17(28-5)9-13(14)18(25)22(15)11-12/h9-10,15,19,24H,1,8,11H2,2-7H3,(H,26,27)/t15-,19-/m0/s1. The molecule has 2 heterocycles. The molecule has 0 aromatic heterocycles. The summed E-state index contributed by atoms with van der Waals surface area (Å²) in [6.45, 7) is 14.7. The number of nitrogens with zero attached hydrogens (tertiary/aromatic N) is 2. The van der Waals surface area contributed by atoms with Gasteiger partial charge in [-0.15, -0.1) is 0 Å². The third-order valence-corrected chi connectivity index (χ3v) is 10.8. The van der Waals surface area contributed by atoms with Gasteiger partial charge in [-0.25, -0.2) is 9.69 Å². The van der Waals surface area contributed by atoms with Crippen molar-refractivity contribution in [1.82, 2.24) is 4.90 Å². The maximum Gasteiger partial charge on any atom is 0.414 e. The number of hydrogen-bond acceptors (Lipinski definition) is 5. The summed E-state index contributed by atoms with van der Waals surface area (Å²) in [5, 5.41) is 20.3. The lowest BCUT2D eigenvalue weighted by molar-refractivity contribution is 0.0542. The van der Waals surface area contributed by atoms with Crippen LogP contribution in [-0.2, 0) is 4.43 Å². The third-order valence-electron chi connectivity index (χ3n) is 6.35. The van der Waals surface area contributed by atoms with Crippen LogP contribution < -0.4 is 9.64 Å². The van der Waals surface area contributed by atoms with E-state index >= 15 is 0 Å². The lowest BCUT2D eigenvalue weighted by Gasteiger charge is -2.44. The van der Waals surface area contributed by atoms with Crippen molar-refractivity contribution in [3.8, 4) is 11.5 Å². The molecule has 0 spiro atoms. The molecule has 8 nitrogen and oxygen atoms in total. The van der Waals surface area contributed by atoms with Gasteiger partial charge in [-0.05, 0) is 30.6 Å². The number of phenols is 1. The molecule has 1 aromatic rings. The maximum atomic E-state index is 13.4. The van der Waals surface area contributed by atoms with Crippen LogP contribution in [0.1, 0.15) is 37.6 Å². The monoisotopic (exact) mass is 434 g/mol. The molecule has 0 unspecified atom stereocenters. The molecule has 2 atom stereocenters. The lowest BCUT2D eigenvalue weighted by Crippen LogP contribution is -2.57. The van der Waals surface area contributed by atoms with E-state index in [1.54, 1.807) is 4.90 Å². The second-order valence-electron chi connectivity index (χ2n) is 9.42. The van der Waals surface area contributed by atoms with E-state index in [0.29, 0.717) is 13.0 Å². The van der Waals surface area contributed by atoms with Crippen molar-refractivity contribution in [3.63, 3.8) is 0 Å². The van der Waals surface area contributed by atoms with Gasteiger partial charge in [-0.2, -0.15) is 0 Å². The molecule has 30 heavy (non-hydrogen) atoms. The maximum absolute atomic E-state index is 13.4. The van der Waals surface area contributed by atoms with Crippen LogP contribution in [0.25, 0.3) is 0 Å². The smallest absolute Gasteiger partial charge is 0.414 e. The Morgan fingerprint density at radius 2 is 1.93 bits per heavy atom. The molecule has 1 fully saturated rings. The first kappa shape index (κ1) is 22.2. The van der Waals surface area contributed by atoms with Crippen LogP contribution >= 0.6 is 0 Å². The zero-order valence-electron chi connectivity index (χ0n) is 18.4. The van der Waals surface area contributed by atoms with Gasteiger partial charge in [0.15, 0.2) is 26.0 Å². The van der Waals surface area contributed by atoms with E-state index in [2.05, 4.69) is 27.4 Å². The molecule has 0 saturated carbocycles. The SMILES string of the molecule is C=C1C[C@H]2[C@H](O[Si](C)(C)C(C)(C)C)N(C(=O)O)c3cc(O)c(OC)cc3C(=O)N2C1. The normalized spacial score (nSPS) is 21.9. The van der Waals surface area contributed by atoms with Crippen LogP contribution in [0, 0.1) is 0 Å². The van der Waals surface area contributed by atoms with Gasteiger partial charge < -0.3 is 24.3 Å². The van der Waals surface area contributed by atoms with Gasteiger partial charge in [0.1, 0.15) is 0 Å². The van der Waals surface area contributed by atoms with Gasteiger partial charge in [-0.1, -0.05) is 32.9 Å². The van der Waals surface area contributed by atoms with E-state index in [-0.39, 0.29) is 33.7 Å². The highest BCUT2D eigenvalue weighted by molar-refractivity contribution is 6.74. The van der Waals surface area contributed by atoms with E-state index in [1.807, 2.05) is 13.1 Å². The molecule has 0 aliphatic carbocycles. The van der Waals surface area contributed by atoms with Crippen molar-refractivity contribution in [1.29, 1.82) is 0 Å². The minimum atomic E-state index is -2.42. The number of methoxy groups -OCH3 is 1. The Morgan fingerprint density at radius 3 is 2.47 bits per heavy atom. The minimum Gasteiger partial charge on any atom is -0.504 e. The first-order chi connectivity index (χ1) is 13.8. The highest BCUT2D eigenvalue weighted by Gasteiger charge is 2.50. The van der Waals surface area contributed by atoms with E-state index < -0.39 is 26.7 Å². The molecule has 0 radical (unpaired) electrons. The van der Waals surface area contributed by atoms with Crippen molar-refractivity contribution in [3.05, 3.63) is 29.8 Å². The summed E-state index contributed by atoms with van der Waals surface area (Å²) in [7, 11) is -1.04. The summed E-state index contributed by atoms with van der Waals surface area (Å²) >= 11 is 0. The molecular weight excluding hydrogens is 404 g/mol. The number of fused-ring (bicyclic) bond motifs is 2. The number of carboxylic acid groups (broad SMARTS) is 1. The van der Waals surface area contributed by atoms with Crippen molar-refractivity contribution in [2.75, 3.05) is 18.6 Å². The zero-order chi connectivity index (χ0) is 22.6. The molecule has 164 valence electrons. The molecule has 3 rings (SSSR count). The van der Waals surface area contributed by atoms with Crippen molar-refractivity contribution in [2.24, 2.45) is 0 Å². The van der Waals surface area contributed by atoms with Gasteiger partial charge in [0.2, 0.25) is 0 Å². The fraction of sp³-hybridized carbons (Fsp3) is 0.524. The quantitative estimate of drug-likeness (QED) is 0.551. The molecule has 1 saturated heterocycles. The van der Waals surface area contributed by atoms with Crippen LogP contribution in [0.2, 0.25) is 18.1 Å².